The molecule has 2 aromatic rings. The number of H-pyrrole nitrogens is 1. The van der Waals surface area contributed by atoms with E-state index in [-0.39, 0.29) is 23.7 Å². The average molecular weight is 451 g/mol. The number of aromatic nitrogens is 4. The van der Waals surface area contributed by atoms with Gasteiger partial charge in [-0.15, -0.1) is 0 Å². The Kier molecular flexibility index (Phi) is 6.53. The van der Waals surface area contributed by atoms with Crippen LogP contribution in [-0.2, 0) is 38.1 Å². The van der Waals surface area contributed by atoms with Gasteiger partial charge in [0.1, 0.15) is 12.7 Å². The van der Waals surface area contributed by atoms with Crippen LogP contribution in [0.1, 0.15) is 33.9 Å². The lowest BCUT2D eigenvalue weighted by Gasteiger charge is -2.23. The van der Waals surface area contributed by atoms with Crippen LogP contribution in [0.5, 0.6) is 0 Å². The van der Waals surface area contributed by atoms with Crippen molar-refractivity contribution in [3.63, 3.8) is 0 Å². The number of nitrogens with zero attached hydrogens (tertiary/aromatic N) is 3. The Morgan fingerprint density at radius 1 is 1.09 bits per heavy atom. The van der Waals surface area contributed by atoms with Crippen LogP contribution in [0.3, 0.4) is 0 Å². The van der Waals surface area contributed by atoms with Crippen LogP contribution in [0.15, 0.2) is 11.1 Å². The summed E-state index contributed by atoms with van der Waals surface area (Å²) in [5.74, 6) is -2.56. The van der Waals surface area contributed by atoms with Crippen LogP contribution < -0.4 is 10.9 Å². The number of hydrogen-bond donors (Lipinski definition) is 2. The van der Waals surface area contributed by atoms with Crippen molar-refractivity contribution in [2.45, 2.75) is 52.2 Å². The van der Waals surface area contributed by atoms with Gasteiger partial charge in [-0.3, -0.25) is 38.8 Å². The van der Waals surface area contributed by atoms with Gasteiger partial charge in [-0.25, -0.2) is 4.98 Å². The minimum absolute atomic E-state index is 0.00867. The molecule has 1 fully saturated rings. The van der Waals surface area contributed by atoms with E-state index in [1.807, 2.05) is 0 Å². The van der Waals surface area contributed by atoms with Crippen LogP contribution in [0.25, 0.3) is 11.2 Å². The molecule has 1 amide bonds. The summed E-state index contributed by atoms with van der Waals surface area (Å²) in [7, 11) is 0. The molecule has 1 saturated heterocycles. The van der Waals surface area contributed by atoms with E-state index in [4.69, 9.17) is 18.9 Å². The van der Waals surface area contributed by atoms with Crippen molar-refractivity contribution >= 4 is 40.9 Å². The van der Waals surface area contributed by atoms with Crippen LogP contribution in [0, 0.1) is 0 Å². The highest BCUT2D eigenvalue weighted by atomic mass is 16.7. The maximum atomic E-state index is 12.3. The summed E-state index contributed by atoms with van der Waals surface area (Å²) in [6.07, 6.45) is -3.22. The second-order valence-electron chi connectivity index (χ2n) is 6.94. The third-order valence-corrected chi connectivity index (χ3v) is 4.34. The first-order valence-corrected chi connectivity index (χ1v) is 9.44. The van der Waals surface area contributed by atoms with Gasteiger partial charge in [0, 0.05) is 27.7 Å². The molecule has 14 nitrogen and oxygen atoms in total. The van der Waals surface area contributed by atoms with E-state index >= 15 is 0 Å². The van der Waals surface area contributed by atoms with E-state index in [1.165, 1.54) is 24.7 Å². The fraction of sp³-hybridized carbons (Fsp3) is 0.500. The Balaban J connectivity index is 2.07. The number of carbonyl (C=O) groups is 4. The highest BCUT2D eigenvalue weighted by molar-refractivity contribution is 5.87. The van der Waals surface area contributed by atoms with Gasteiger partial charge in [-0.2, -0.15) is 4.98 Å². The fourth-order valence-corrected chi connectivity index (χ4v) is 3.26. The summed E-state index contributed by atoms with van der Waals surface area (Å²) in [6, 6.07) is 0. The number of esters is 3. The zero-order chi connectivity index (χ0) is 23.6. The topological polar surface area (TPSA) is 181 Å². The van der Waals surface area contributed by atoms with Crippen molar-refractivity contribution in [2.75, 3.05) is 11.9 Å². The van der Waals surface area contributed by atoms with E-state index < -0.39 is 53.9 Å². The van der Waals surface area contributed by atoms with E-state index in [0.29, 0.717) is 0 Å². The number of fused-ring (bicyclic) bond motifs is 1. The molecule has 172 valence electrons. The number of imidazole rings is 1. The highest BCUT2D eigenvalue weighted by Crippen LogP contribution is 2.35. The summed E-state index contributed by atoms with van der Waals surface area (Å²) < 4.78 is 22.8. The number of aromatic amines is 1. The van der Waals surface area contributed by atoms with Gasteiger partial charge in [0.2, 0.25) is 11.9 Å². The number of anilines is 1. The van der Waals surface area contributed by atoms with E-state index in [1.54, 1.807) is 0 Å². The molecule has 4 atom stereocenters. The minimum Gasteiger partial charge on any atom is -0.463 e. The Morgan fingerprint density at radius 3 is 2.34 bits per heavy atom. The normalized spacial score (nSPS) is 22.4. The summed E-state index contributed by atoms with van der Waals surface area (Å²) in [6.45, 7) is 4.46. The molecule has 2 N–H and O–H groups in total. The second-order valence-corrected chi connectivity index (χ2v) is 6.94. The SMILES string of the molecule is CC(=O)Nc1nc2c(ncn2[C@@H]2O[C@H](COC(C)=O)[C@H](OC(C)=O)[C@H]2OC(C)=O)c(=O)[nH]1. The van der Waals surface area contributed by atoms with E-state index in [0.717, 1.165) is 13.8 Å². The summed E-state index contributed by atoms with van der Waals surface area (Å²) in [4.78, 5) is 69.0. The molecule has 0 saturated carbocycles. The standard InChI is InChI=1S/C18H21N5O9/c1-7(24)20-18-21-15-12(16(28)22-18)19-6-23(15)17-14(31-10(4)27)13(30-9(3)26)11(32-17)5-29-8(2)25/h6,11,13-14,17H,5H2,1-4H3,(H2,20,21,22,24,28)/t11-,13+,14-,17-/m1/s1. The number of carbonyl (C=O) groups excluding carboxylic acids is 4. The first kappa shape index (κ1) is 22.9. The molecule has 1 aliphatic rings. The Morgan fingerprint density at radius 2 is 1.75 bits per heavy atom. The monoisotopic (exact) mass is 451 g/mol. The molecule has 0 spiro atoms. The Hall–Kier alpha value is -3.81. The summed E-state index contributed by atoms with van der Waals surface area (Å²) in [5, 5.41) is 2.37. The maximum Gasteiger partial charge on any atom is 0.303 e. The van der Waals surface area contributed by atoms with Gasteiger partial charge in [-0.05, 0) is 0 Å². The lowest BCUT2D eigenvalue weighted by atomic mass is 10.1. The number of ether oxygens (including phenoxy) is 4. The molecule has 3 rings (SSSR count). The lowest BCUT2D eigenvalue weighted by Crippen LogP contribution is -2.40. The number of rotatable bonds is 6. The van der Waals surface area contributed by atoms with Crippen LogP contribution in [0.4, 0.5) is 5.95 Å². The zero-order valence-electron chi connectivity index (χ0n) is 17.6. The smallest absolute Gasteiger partial charge is 0.303 e. The Bertz CT molecular complexity index is 1120. The zero-order valence-corrected chi connectivity index (χ0v) is 17.6. The predicted molar refractivity (Wildman–Crippen MR) is 104 cm³/mol. The molecule has 0 radical (unpaired) electrons. The number of nitrogens with one attached hydrogen (secondary N) is 2. The molecule has 14 heteroatoms. The third-order valence-electron chi connectivity index (χ3n) is 4.34. The molecule has 1 aliphatic heterocycles. The van der Waals surface area contributed by atoms with Gasteiger partial charge >= 0.3 is 17.9 Å². The quantitative estimate of drug-likeness (QED) is 0.423. The van der Waals surface area contributed by atoms with E-state index in [2.05, 4.69) is 20.3 Å². The average Bonchev–Trinajstić information content (AvgIpc) is 3.21. The largest absolute Gasteiger partial charge is 0.463 e. The van der Waals surface area contributed by atoms with Crippen molar-refractivity contribution in [1.29, 1.82) is 0 Å². The van der Waals surface area contributed by atoms with Crippen molar-refractivity contribution in [3.8, 4) is 0 Å². The minimum atomic E-state index is -1.18. The van der Waals surface area contributed by atoms with Crippen LogP contribution in [-0.4, -0.2) is 68.3 Å². The third kappa shape index (κ3) is 4.91. The number of amides is 1. The maximum absolute atomic E-state index is 12.3. The van der Waals surface area contributed by atoms with Gasteiger partial charge in [-0.1, -0.05) is 0 Å². The molecule has 0 unspecified atom stereocenters. The summed E-state index contributed by atoms with van der Waals surface area (Å²) >= 11 is 0. The number of hydrogen-bond acceptors (Lipinski definition) is 11. The summed E-state index contributed by atoms with van der Waals surface area (Å²) in [5.41, 5.74) is -0.696. The van der Waals surface area contributed by atoms with Gasteiger partial charge in [0.05, 0.1) is 6.33 Å². The van der Waals surface area contributed by atoms with Crippen LogP contribution in [0.2, 0.25) is 0 Å². The molecule has 0 aromatic carbocycles. The molecule has 2 aromatic heterocycles. The molecular formula is C18H21N5O9. The van der Waals surface area contributed by atoms with Crippen LogP contribution >= 0.6 is 0 Å². The first-order valence-electron chi connectivity index (χ1n) is 9.44. The molecular weight excluding hydrogens is 430 g/mol. The molecule has 0 aliphatic carbocycles. The molecule has 0 bridgehead atoms. The van der Waals surface area contributed by atoms with Gasteiger partial charge in [0.15, 0.2) is 29.6 Å². The fourth-order valence-electron chi connectivity index (χ4n) is 3.26. The molecule has 32 heavy (non-hydrogen) atoms. The molecule has 3 heterocycles. The van der Waals surface area contributed by atoms with Gasteiger partial charge < -0.3 is 18.9 Å². The predicted octanol–water partition coefficient (Wildman–Crippen LogP) is -0.598. The second kappa shape index (κ2) is 9.13. The van der Waals surface area contributed by atoms with Crippen molar-refractivity contribution in [1.82, 2.24) is 19.5 Å². The van der Waals surface area contributed by atoms with Crippen molar-refractivity contribution in [3.05, 3.63) is 16.7 Å². The van der Waals surface area contributed by atoms with Gasteiger partial charge in [0.25, 0.3) is 5.56 Å². The lowest BCUT2D eigenvalue weighted by molar-refractivity contribution is -0.166. The highest BCUT2D eigenvalue weighted by Gasteiger charge is 2.51. The Labute approximate surface area is 180 Å². The van der Waals surface area contributed by atoms with E-state index in [9.17, 15) is 24.0 Å². The van der Waals surface area contributed by atoms with Crippen molar-refractivity contribution in [2.24, 2.45) is 0 Å². The first-order chi connectivity index (χ1) is 15.1. The van der Waals surface area contributed by atoms with Crippen molar-refractivity contribution < 1.29 is 38.1 Å².